The fourth-order valence-corrected chi connectivity index (χ4v) is 2.94. The Kier molecular flexibility index (Phi) is 6.01. The second-order valence-corrected chi connectivity index (χ2v) is 6.13. The summed E-state index contributed by atoms with van der Waals surface area (Å²) in [5.74, 6) is -2.31. The predicted molar refractivity (Wildman–Crippen MR) is 70.8 cm³/mol. The molecule has 1 aliphatic heterocycles. The van der Waals surface area contributed by atoms with Crippen molar-refractivity contribution in [2.75, 3.05) is 5.01 Å². The first-order valence-electron chi connectivity index (χ1n) is 5.19. The van der Waals surface area contributed by atoms with Crippen molar-refractivity contribution in [1.82, 2.24) is 0 Å². The smallest absolute Gasteiger partial charge is 0.543 e. The number of anilines is 1. The maximum absolute atomic E-state index is 11.7. The summed E-state index contributed by atoms with van der Waals surface area (Å²) in [4.78, 5) is 21.7. The van der Waals surface area contributed by atoms with Crippen molar-refractivity contribution in [1.29, 1.82) is 0 Å². The van der Waals surface area contributed by atoms with Gasteiger partial charge in [0.15, 0.2) is 0 Å². The van der Waals surface area contributed by atoms with Crippen LogP contribution >= 0.6 is 23.2 Å². The van der Waals surface area contributed by atoms with Crippen molar-refractivity contribution in [3.05, 3.63) is 22.2 Å². The SMILES string of the molecule is O=C([O-])C1=NN(c2cc(Cl)c(S(=O)(=O)O)cc2Cl)C(=O)C1.[Na+]. The van der Waals surface area contributed by atoms with Gasteiger partial charge in [-0.2, -0.15) is 18.5 Å². The Morgan fingerprint density at radius 1 is 1.32 bits per heavy atom. The Labute approximate surface area is 156 Å². The summed E-state index contributed by atoms with van der Waals surface area (Å²) >= 11 is 11.5. The van der Waals surface area contributed by atoms with Crippen LogP contribution in [0.5, 0.6) is 0 Å². The molecule has 0 aromatic heterocycles. The summed E-state index contributed by atoms with van der Waals surface area (Å²) in [7, 11) is -4.59. The van der Waals surface area contributed by atoms with Crippen LogP contribution in [0.4, 0.5) is 5.69 Å². The van der Waals surface area contributed by atoms with E-state index >= 15 is 0 Å². The molecule has 0 saturated carbocycles. The first-order chi connectivity index (χ1) is 9.61. The molecule has 0 fully saturated rings. The second kappa shape index (κ2) is 6.83. The molecule has 1 aromatic carbocycles. The molecule has 8 nitrogen and oxygen atoms in total. The Bertz CT molecular complexity index is 795. The summed E-state index contributed by atoms with van der Waals surface area (Å²) in [5, 5.41) is 14.2. The van der Waals surface area contributed by atoms with Crippen LogP contribution in [-0.4, -0.2) is 30.6 Å². The molecule has 12 heteroatoms. The second-order valence-electron chi connectivity index (χ2n) is 3.93. The molecular weight excluding hydrogens is 370 g/mol. The molecule has 0 saturated heterocycles. The van der Waals surface area contributed by atoms with E-state index in [0.29, 0.717) is 5.01 Å². The zero-order chi connectivity index (χ0) is 15.9. The zero-order valence-corrected chi connectivity index (χ0v) is 15.2. The van der Waals surface area contributed by atoms with Gasteiger partial charge in [0.1, 0.15) is 4.90 Å². The molecule has 1 amide bonds. The number of rotatable bonds is 3. The van der Waals surface area contributed by atoms with Gasteiger partial charge in [0.05, 0.1) is 33.8 Å². The van der Waals surface area contributed by atoms with Gasteiger partial charge in [-0.1, -0.05) is 23.2 Å². The van der Waals surface area contributed by atoms with Gasteiger partial charge in [0.2, 0.25) is 0 Å². The van der Waals surface area contributed by atoms with Crippen molar-refractivity contribution >= 4 is 56.6 Å². The molecule has 0 bridgehead atoms. The van der Waals surface area contributed by atoms with Crippen LogP contribution in [0.3, 0.4) is 0 Å². The van der Waals surface area contributed by atoms with E-state index in [0.717, 1.165) is 12.1 Å². The maximum atomic E-state index is 11.7. The normalized spacial score (nSPS) is 14.6. The molecule has 0 spiro atoms. The van der Waals surface area contributed by atoms with Crippen molar-refractivity contribution in [3.63, 3.8) is 0 Å². The van der Waals surface area contributed by atoms with E-state index in [2.05, 4.69) is 5.10 Å². The Hall–Kier alpha value is -0.680. The van der Waals surface area contributed by atoms with Crippen molar-refractivity contribution in [3.8, 4) is 0 Å². The average Bonchev–Trinajstić information content (AvgIpc) is 2.72. The third kappa shape index (κ3) is 3.80. The summed E-state index contributed by atoms with van der Waals surface area (Å²) in [5.41, 5.74) is -0.610. The van der Waals surface area contributed by atoms with Crippen LogP contribution in [0.2, 0.25) is 10.0 Å². The molecule has 2 rings (SSSR count). The van der Waals surface area contributed by atoms with Crippen LogP contribution in [0.1, 0.15) is 6.42 Å². The van der Waals surface area contributed by atoms with Crippen molar-refractivity contribution < 1.29 is 57.2 Å². The molecule has 1 heterocycles. The third-order valence-electron chi connectivity index (χ3n) is 2.52. The van der Waals surface area contributed by atoms with Crippen LogP contribution in [0.25, 0.3) is 0 Å². The number of hydrazone groups is 1. The molecule has 1 N–H and O–H groups in total. The number of carbonyl (C=O) groups is 2. The van der Waals surface area contributed by atoms with Crippen molar-refractivity contribution in [2.24, 2.45) is 5.10 Å². The summed E-state index contributed by atoms with van der Waals surface area (Å²) in [6.07, 6.45) is -0.490. The molecular formula is C10H5Cl2N2NaO6S. The Morgan fingerprint density at radius 2 is 1.91 bits per heavy atom. The fraction of sp³-hybridized carbons (Fsp3) is 0.100. The topological polar surface area (TPSA) is 127 Å². The molecule has 0 aliphatic carbocycles. The van der Waals surface area contributed by atoms with Gasteiger partial charge in [0, 0.05) is 0 Å². The maximum Gasteiger partial charge on any atom is 1.00 e. The van der Waals surface area contributed by atoms with Gasteiger partial charge in [-0.25, -0.2) is 0 Å². The molecule has 0 atom stereocenters. The van der Waals surface area contributed by atoms with E-state index in [1.54, 1.807) is 0 Å². The molecule has 22 heavy (non-hydrogen) atoms. The quantitative estimate of drug-likeness (QED) is 0.446. The number of halogens is 2. The number of carbonyl (C=O) groups excluding carboxylic acids is 2. The Morgan fingerprint density at radius 3 is 2.36 bits per heavy atom. The first kappa shape index (κ1) is 19.4. The first-order valence-corrected chi connectivity index (χ1v) is 7.39. The molecule has 0 unspecified atom stereocenters. The minimum atomic E-state index is -4.59. The van der Waals surface area contributed by atoms with Crippen LogP contribution in [0, 0.1) is 0 Å². The molecule has 0 radical (unpaired) electrons. The summed E-state index contributed by atoms with van der Waals surface area (Å²) in [6, 6.07) is 1.81. The van der Waals surface area contributed by atoms with Crippen LogP contribution in [0.15, 0.2) is 22.1 Å². The molecule has 1 aliphatic rings. The summed E-state index contributed by atoms with van der Waals surface area (Å²) in [6.45, 7) is 0. The number of benzene rings is 1. The third-order valence-corrected chi connectivity index (χ3v) is 4.14. The number of hydrogen-bond donors (Lipinski definition) is 1. The monoisotopic (exact) mass is 374 g/mol. The van der Waals surface area contributed by atoms with E-state index in [1.807, 2.05) is 0 Å². The van der Waals surface area contributed by atoms with E-state index in [-0.39, 0.29) is 40.3 Å². The average molecular weight is 375 g/mol. The number of carboxylic acids is 1. The van der Waals surface area contributed by atoms with Gasteiger partial charge in [0.25, 0.3) is 16.0 Å². The standard InChI is InChI=1S/C10H6Cl2N2O6S.Na/c11-4-2-8(21(18,19)20)5(12)1-7(4)14-9(15)3-6(13-14)10(16)17;/h1-2H,3H2,(H,16,17)(H,18,19,20);/q;+1/p-1. The molecule has 1 aromatic rings. The van der Waals surface area contributed by atoms with E-state index in [1.165, 1.54) is 0 Å². The van der Waals surface area contributed by atoms with Gasteiger partial charge in [-0.15, -0.1) is 0 Å². The van der Waals surface area contributed by atoms with E-state index in [9.17, 15) is 23.1 Å². The van der Waals surface area contributed by atoms with E-state index in [4.69, 9.17) is 27.8 Å². The van der Waals surface area contributed by atoms with Crippen LogP contribution in [-0.2, 0) is 19.7 Å². The van der Waals surface area contributed by atoms with E-state index < -0.39 is 44.0 Å². The van der Waals surface area contributed by atoms with Crippen LogP contribution < -0.4 is 39.7 Å². The number of hydrogen-bond acceptors (Lipinski definition) is 6. The minimum Gasteiger partial charge on any atom is -0.543 e. The van der Waals surface area contributed by atoms with Gasteiger partial charge in [-0.05, 0) is 12.1 Å². The number of nitrogens with zero attached hydrogens (tertiary/aromatic N) is 2. The zero-order valence-electron chi connectivity index (χ0n) is 10.9. The van der Waals surface area contributed by atoms with Gasteiger partial charge >= 0.3 is 29.6 Å². The number of carboxylic acid groups (broad SMARTS) is 1. The number of aliphatic carboxylic acids is 1. The summed E-state index contributed by atoms with van der Waals surface area (Å²) < 4.78 is 31.1. The predicted octanol–water partition coefficient (Wildman–Crippen LogP) is -2.91. The molecule has 112 valence electrons. The largest absolute Gasteiger partial charge is 1.00 e. The fourth-order valence-electron chi connectivity index (χ4n) is 1.61. The van der Waals surface area contributed by atoms with Crippen molar-refractivity contribution in [2.45, 2.75) is 11.3 Å². The Balaban J connectivity index is 0.00000242. The number of amides is 1. The van der Waals surface area contributed by atoms with Gasteiger partial charge < -0.3 is 9.90 Å². The minimum absolute atomic E-state index is 0. The van der Waals surface area contributed by atoms with Gasteiger partial charge in [-0.3, -0.25) is 9.35 Å².